The van der Waals surface area contributed by atoms with Crippen molar-refractivity contribution < 1.29 is 18.1 Å². The van der Waals surface area contributed by atoms with Gasteiger partial charge in [0, 0.05) is 31.2 Å². The molecule has 1 amide bonds. The number of nitrogens with zero attached hydrogens (tertiary/aromatic N) is 3. The molecule has 0 spiro atoms. The van der Waals surface area contributed by atoms with Crippen molar-refractivity contribution in [3.05, 3.63) is 69.8 Å². The number of benzene rings is 2. The summed E-state index contributed by atoms with van der Waals surface area (Å²) in [5, 5.41) is 16.8. The quantitative estimate of drug-likeness (QED) is 0.608. The predicted octanol–water partition coefficient (Wildman–Crippen LogP) is 2.66. The molecule has 1 atom stereocenters. The summed E-state index contributed by atoms with van der Waals surface area (Å²) in [5.74, 6) is -0.276. The second-order valence-electron chi connectivity index (χ2n) is 6.43. The van der Waals surface area contributed by atoms with Gasteiger partial charge in [0.25, 0.3) is 5.69 Å². The first-order valence-corrected chi connectivity index (χ1v) is 10.2. The van der Waals surface area contributed by atoms with E-state index in [0.717, 1.165) is 11.8 Å². The number of non-ortho nitro benzene ring substituents is 1. The predicted molar refractivity (Wildman–Crippen MR) is 104 cm³/mol. The molecule has 0 radical (unpaired) electrons. The van der Waals surface area contributed by atoms with Crippen LogP contribution in [0.5, 0.6) is 0 Å². The molecular weight excluding hydrogens is 384 g/mol. The molecule has 3 rings (SSSR count). The summed E-state index contributed by atoms with van der Waals surface area (Å²) in [4.78, 5) is 22.6. The third-order valence-corrected chi connectivity index (χ3v) is 4.83. The molecule has 0 aromatic heterocycles. The Morgan fingerprint density at radius 1 is 1.25 bits per heavy atom. The first-order chi connectivity index (χ1) is 13.1. The number of hydrogen-bond donors (Lipinski definition) is 1. The third-order valence-electron chi connectivity index (χ3n) is 4.22. The Kier molecular flexibility index (Phi) is 5.14. The van der Waals surface area contributed by atoms with Crippen molar-refractivity contribution in [2.75, 3.05) is 11.0 Å². The van der Waals surface area contributed by atoms with Gasteiger partial charge in [-0.3, -0.25) is 19.6 Å². The average molecular weight is 402 g/mol. The van der Waals surface area contributed by atoms with Crippen molar-refractivity contribution in [2.24, 2.45) is 5.10 Å². The van der Waals surface area contributed by atoms with Crippen LogP contribution in [-0.2, 0) is 14.8 Å². The second-order valence-corrected chi connectivity index (χ2v) is 8.18. The van der Waals surface area contributed by atoms with Crippen LogP contribution in [0.4, 0.5) is 11.4 Å². The van der Waals surface area contributed by atoms with Crippen molar-refractivity contribution in [3.8, 4) is 0 Å². The molecule has 0 bridgehead atoms. The van der Waals surface area contributed by atoms with E-state index in [1.54, 1.807) is 36.4 Å². The third kappa shape index (κ3) is 4.34. The van der Waals surface area contributed by atoms with Gasteiger partial charge in [-0.15, -0.1) is 0 Å². The molecule has 2 aromatic carbocycles. The van der Waals surface area contributed by atoms with E-state index in [0.29, 0.717) is 23.4 Å². The minimum Gasteiger partial charge on any atom is -0.284 e. The molecule has 0 unspecified atom stereocenters. The standard InChI is InChI=1S/C18H18N4O5S/c1-12(23)21-18(14-4-3-5-16(10-14)22(24)25)11-17(19-21)13-6-8-15(9-7-13)20-28(2,26)27/h3-10,18,20H,11H2,1-2H3/t18-/m0/s1. The number of anilines is 1. The number of hydrazone groups is 1. The van der Waals surface area contributed by atoms with Crippen LogP contribution in [0.15, 0.2) is 53.6 Å². The van der Waals surface area contributed by atoms with Crippen molar-refractivity contribution >= 4 is 33.0 Å². The number of carbonyl (C=O) groups is 1. The molecule has 9 nitrogen and oxygen atoms in total. The highest BCUT2D eigenvalue weighted by Gasteiger charge is 2.32. The Balaban J connectivity index is 1.88. The van der Waals surface area contributed by atoms with Gasteiger partial charge in [0.05, 0.1) is 22.9 Å². The normalized spacial score (nSPS) is 16.6. The number of rotatable bonds is 5. The Morgan fingerprint density at radius 2 is 1.93 bits per heavy atom. The van der Waals surface area contributed by atoms with Crippen molar-refractivity contribution in [3.63, 3.8) is 0 Å². The zero-order valence-corrected chi connectivity index (χ0v) is 16.0. The summed E-state index contributed by atoms with van der Waals surface area (Å²) < 4.78 is 25.0. The maximum absolute atomic E-state index is 12.0. The van der Waals surface area contributed by atoms with E-state index in [9.17, 15) is 23.3 Å². The fraction of sp³-hybridized carbons (Fsp3) is 0.222. The number of nitro benzene ring substituents is 1. The van der Waals surface area contributed by atoms with E-state index in [2.05, 4.69) is 9.82 Å². The van der Waals surface area contributed by atoms with E-state index < -0.39 is 21.0 Å². The van der Waals surface area contributed by atoms with Crippen molar-refractivity contribution in [2.45, 2.75) is 19.4 Å². The number of amides is 1. The zero-order valence-electron chi connectivity index (χ0n) is 15.2. The number of sulfonamides is 1. The lowest BCUT2D eigenvalue weighted by Crippen LogP contribution is -2.24. The maximum atomic E-state index is 12.0. The van der Waals surface area contributed by atoms with Crippen LogP contribution in [0.25, 0.3) is 0 Å². The van der Waals surface area contributed by atoms with Crippen LogP contribution in [0.1, 0.15) is 30.5 Å². The van der Waals surface area contributed by atoms with E-state index in [1.165, 1.54) is 24.1 Å². The molecule has 146 valence electrons. The molecule has 1 N–H and O–H groups in total. The topological polar surface area (TPSA) is 122 Å². The second kappa shape index (κ2) is 7.39. The number of nitrogens with one attached hydrogen (secondary N) is 1. The van der Waals surface area contributed by atoms with Crippen LogP contribution in [0, 0.1) is 10.1 Å². The summed E-state index contributed by atoms with van der Waals surface area (Å²) >= 11 is 0. The average Bonchev–Trinajstić information content (AvgIpc) is 3.07. The number of nitro groups is 1. The van der Waals surface area contributed by atoms with Gasteiger partial charge < -0.3 is 0 Å². The number of hydrogen-bond acceptors (Lipinski definition) is 6. The Labute approximate surface area is 161 Å². The first-order valence-electron chi connectivity index (χ1n) is 8.34. The highest BCUT2D eigenvalue weighted by atomic mass is 32.2. The molecule has 0 fully saturated rings. The molecule has 1 aliphatic rings. The highest BCUT2D eigenvalue weighted by molar-refractivity contribution is 7.92. The maximum Gasteiger partial charge on any atom is 0.269 e. The van der Waals surface area contributed by atoms with E-state index in [4.69, 9.17) is 0 Å². The van der Waals surface area contributed by atoms with E-state index in [1.807, 2.05) is 0 Å². The molecule has 0 saturated heterocycles. The largest absolute Gasteiger partial charge is 0.284 e. The van der Waals surface area contributed by atoms with Crippen molar-refractivity contribution in [1.29, 1.82) is 0 Å². The molecule has 2 aromatic rings. The van der Waals surface area contributed by atoms with E-state index in [-0.39, 0.29) is 11.6 Å². The van der Waals surface area contributed by atoms with Gasteiger partial charge in [-0.25, -0.2) is 13.4 Å². The molecule has 10 heteroatoms. The molecule has 28 heavy (non-hydrogen) atoms. The summed E-state index contributed by atoms with van der Waals surface area (Å²) in [6.45, 7) is 1.38. The Hall–Kier alpha value is -3.27. The summed E-state index contributed by atoms with van der Waals surface area (Å²) in [6.07, 6.45) is 1.45. The molecule has 0 saturated carbocycles. The SMILES string of the molecule is CC(=O)N1N=C(c2ccc(NS(C)(=O)=O)cc2)C[C@H]1c1cccc([N+](=O)[O-])c1. The van der Waals surface area contributed by atoms with Crippen LogP contribution < -0.4 is 4.72 Å². The zero-order chi connectivity index (χ0) is 20.5. The monoisotopic (exact) mass is 402 g/mol. The smallest absolute Gasteiger partial charge is 0.269 e. The van der Waals surface area contributed by atoms with Gasteiger partial charge >= 0.3 is 0 Å². The molecular formula is C18H18N4O5S. The Morgan fingerprint density at radius 3 is 2.50 bits per heavy atom. The lowest BCUT2D eigenvalue weighted by molar-refractivity contribution is -0.384. The molecule has 1 heterocycles. The lowest BCUT2D eigenvalue weighted by atomic mass is 9.98. The fourth-order valence-electron chi connectivity index (χ4n) is 3.03. The molecule has 0 aliphatic carbocycles. The van der Waals surface area contributed by atoms with Gasteiger partial charge in [0.1, 0.15) is 0 Å². The fourth-order valence-corrected chi connectivity index (χ4v) is 3.59. The summed E-state index contributed by atoms with van der Waals surface area (Å²) in [6, 6.07) is 12.3. The van der Waals surface area contributed by atoms with Gasteiger partial charge in [0.15, 0.2) is 0 Å². The Bertz CT molecular complexity index is 1060. The van der Waals surface area contributed by atoms with Crippen LogP contribution in [0.2, 0.25) is 0 Å². The van der Waals surface area contributed by atoms with Crippen molar-refractivity contribution in [1.82, 2.24) is 5.01 Å². The summed E-state index contributed by atoms with van der Waals surface area (Å²) in [7, 11) is -3.37. The first kappa shape index (κ1) is 19.5. The minimum absolute atomic E-state index is 0.0503. The number of carbonyl (C=O) groups excluding carboxylic acids is 1. The van der Waals surface area contributed by atoms with Gasteiger partial charge in [-0.2, -0.15) is 5.10 Å². The summed E-state index contributed by atoms with van der Waals surface area (Å²) in [5.41, 5.74) is 2.36. The van der Waals surface area contributed by atoms with Gasteiger partial charge in [-0.1, -0.05) is 24.3 Å². The molecule has 1 aliphatic heterocycles. The minimum atomic E-state index is -3.37. The van der Waals surface area contributed by atoms with Gasteiger partial charge in [0.2, 0.25) is 15.9 Å². The van der Waals surface area contributed by atoms with Gasteiger partial charge in [-0.05, 0) is 23.3 Å². The highest BCUT2D eigenvalue weighted by Crippen LogP contribution is 2.34. The van der Waals surface area contributed by atoms with Crippen LogP contribution >= 0.6 is 0 Å². The van der Waals surface area contributed by atoms with Crippen LogP contribution in [-0.4, -0.2) is 36.2 Å². The van der Waals surface area contributed by atoms with E-state index >= 15 is 0 Å². The van der Waals surface area contributed by atoms with Crippen LogP contribution in [0.3, 0.4) is 0 Å². The lowest BCUT2D eigenvalue weighted by Gasteiger charge is -2.20.